The molecule has 1 amide bonds. The van der Waals surface area contributed by atoms with Crippen LogP contribution < -0.4 is 33.8 Å². The van der Waals surface area contributed by atoms with E-state index in [0.29, 0.717) is 35.1 Å². The van der Waals surface area contributed by atoms with E-state index in [4.69, 9.17) is 0 Å². The molecular weight excluding hydrogens is 627 g/mol. The number of nitrogens with one attached hydrogen (secondary N) is 1. The molecule has 6 rings (SSSR count). The van der Waals surface area contributed by atoms with E-state index in [1.807, 2.05) is 0 Å². The van der Waals surface area contributed by atoms with Gasteiger partial charge in [0.15, 0.2) is 0 Å². The van der Waals surface area contributed by atoms with Gasteiger partial charge in [0, 0.05) is 25.3 Å². The van der Waals surface area contributed by atoms with Gasteiger partial charge in [0.2, 0.25) is 5.91 Å². The number of carbonyl (C=O) groups excluding carboxylic acids is 1. The Labute approximate surface area is 275 Å². The molecule has 236 valence electrons. The Morgan fingerprint density at radius 2 is 1.64 bits per heavy atom. The zero-order valence-electron chi connectivity index (χ0n) is 27.4. The van der Waals surface area contributed by atoms with Crippen LogP contribution in [0.25, 0.3) is 0 Å². The highest BCUT2D eigenvalue weighted by Gasteiger charge is 2.60. The average molecular weight is 689 g/mol. The summed E-state index contributed by atoms with van der Waals surface area (Å²) < 4.78 is 1.09. The van der Waals surface area contributed by atoms with E-state index in [2.05, 4.69) is 63.3 Å². The molecule has 4 aliphatic carbocycles. The third-order valence-corrected chi connectivity index (χ3v) is 14.3. The predicted molar refractivity (Wildman–Crippen MR) is 173 cm³/mol. The highest BCUT2D eigenvalue weighted by atomic mass is 127. The van der Waals surface area contributed by atoms with Crippen LogP contribution in [0.1, 0.15) is 124 Å². The van der Waals surface area contributed by atoms with Crippen LogP contribution in [-0.2, 0) is 4.79 Å². The van der Waals surface area contributed by atoms with Crippen molar-refractivity contribution in [2.45, 2.75) is 130 Å². The normalized spacial score (nSPS) is 41.9. The van der Waals surface area contributed by atoms with Crippen molar-refractivity contribution in [2.24, 2.45) is 46.3 Å². The van der Waals surface area contributed by atoms with E-state index in [0.717, 1.165) is 66.4 Å². The molecule has 42 heavy (non-hydrogen) atoms. The Balaban J connectivity index is 0.00000353. The van der Waals surface area contributed by atoms with Gasteiger partial charge < -0.3 is 29.3 Å². The first-order valence-corrected chi connectivity index (χ1v) is 18.0. The Morgan fingerprint density at radius 1 is 0.905 bits per heavy atom. The summed E-state index contributed by atoms with van der Waals surface area (Å²) >= 11 is 0. The predicted octanol–water partition coefficient (Wildman–Crippen LogP) is 6.15. The maximum Gasteiger partial charge on any atom is 0.220 e. The number of amides is 1. The molecule has 1 saturated heterocycles. The van der Waals surface area contributed by atoms with E-state index in [1.54, 1.807) is 0 Å². The molecule has 0 spiro atoms. The molecule has 1 N–H and O–H groups in total. The van der Waals surface area contributed by atoms with Gasteiger partial charge in [-0.15, -0.1) is 0 Å². The Kier molecular flexibility index (Phi) is 10.4. The molecule has 8 atom stereocenters. The van der Waals surface area contributed by atoms with Crippen molar-refractivity contribution < 1.29 is 28.8 Å². The van der Waals surface area contributed by atoms with E-state index < -0.39 is 0 Å². The number of quaternary nitrogens is 1. The summed E-state index contributed by atoms with van der Waals surface area (Å²) in [7, 11) is 0. The highest BCUT2D eigenvalue weighted by Crippen LogP contribution is 2.68. The lowest BCUT2D eigenvalue weighted by molar-refractivity contribution is -0.123. The number of likely N-dealkylation sites (tertiary alicyclic amines) is 1. The first-order chi connectivity index (χ1) is 19.8. The van der Waals surface area contributed by atoms with Crippen molar-refractivity contribution in [1.29, 1.82) is 0 Å². The first kappa shape index (κ1) is 32.8. The molecular formula is C38H61IN2O. The maximum absolute atomic E-state index is 13.2. The van der Waals surface area contributed by atoms with Gasteiger partial charge in [-0.2, -0.15) is 0 Å². The molecule has 5 aliphatic rings. The second kappa shape index (κ2) is 13.4. The van der Waals surface area contributed by atoms with Crippen molar-refractivity contribution >= 4 is 11.6 Å². The molecule has 3 nitrogen and oxygen atoms in total. The van der Waals surface area contributed by atoms with E-state index >= 15 is 0 Å². The molecule has 1 heterocycles. The smallest absolute Gasteiger partial charge is 0.220 e. The minimum absolute atomic E-state index is 0. The molecule has 1 aromatic carbocycles. The van der Waals surface area contributed by atoms with E-state index in [9.17, 15) is 4.79 Å². The van der Waals surface area contributed by atoms with Crippen molar-refractivity contribution in [2.75, 3.05) is 19.6 Å². The Bertz CT molecular complexity index is 1040. The van der Waals surface area contributed by atoms with E-state index in [-0.39, 0.29) is 24.0 Å². The number of nitrogens with zero attached hydrogens (tertiary/aromatic N) is 1. The molecule has 0 radical (unpaired) electrons. The number of para-hydroxylation sites is 1. The third kappa shape index (κ3) is 5.99. The Morgan fingerprint density at radius 3 is 2.38 bits per heavy atom. The fourth-order valence-corrected chi connectivity index (χ4v) is 12.1. The van der Waals surface area contributed by atoms with Crippen LogP contribution in [0.5, 0.6) is 0 Å². The van der Waals surface area contributed by atoms with Crippen LogP contribution in [0.15, 0.2) is 30.3 Å². The number of carbonyl (C=O) groups is 1. The minimum atomic E-state index is 0. The second-order valence-corrected chi connectivity index (χ2v) is 16.1. The zero-order valence-corrected chi connectivity index (χ0v) is 29.5. The number of rotatable bonds is 8. The summed E-state index contributed by atoms with van der Waals surface area (Å²) in [5, 5.41) is 3.48. The fourth-order valence-electron chi connectivity index (χ4n) is 12.1. The lowest BCUT2D eigenvalue weighted by Gasteiger charge is -2.61. The molecule has 0 bridgehead atoms. The summed E-state index contributed by atoms with van der Waals surface area (Å²) in [5.41, 5.74) is 2.60. The summed E-state index contributed by atoms with van der Waals surface area (Å²) in [4.78, 5) is 13.2. The summed E-state index contributed by atoms with van der Waals surface area (Å²) in [5.74, 6) is 5.71. The van der Waals surface area contributed by atoms with Crippen LogP contribution in [0.3, 0.4) is 0 Å². The number of hydrogen-bond acceptors (Lipinski definition) is 1. The standard InChI is InChI=1S/C38H60N2O.HI/c1-5-25-40(31-12-7-6-8-13-31)26-21-30(22-27-40)39-36(41)19-14-28(2)33-17-18-34-32-16-15-29-11-9-10-23-37(29,3)35(32)20-24-38(33,34)4;/h6-8,12-13,28-30,32-35H,5,9-11,14-27H2,1-4H3;1H/t28-,29?,30?,32+,33-,34+,35+,37+,38-,40?;/m1./s1. The molecule has 1 aliphatic heterocycles. The lowest BCUT2D eigenvalue weighted by Crippen LogP contribution is -3.00. The van der Waals surface area contributed by atoms with Crippen molar-refractivity contribution in [1.82, 2.24) is 9.80 Å². The number of hydrogen-bond donors (Lipinski definition) is 1. The third-order valence-electron chi connectivity index (χ3n) is 14.3. The van der Waals surface area contributed by atoms with Gasteiger partial charge in [-0.25, -0.2) is 0 Å². The van der Waals surface area contributed by atoms with Gasteiger partial charge in [-0.05, 0) is 123 Å². The zero-order chi connectivity index (χ0) is 28.7. The van der Waals surface area contributed by atoms with Gasteiger partial charge in [0.1, 0.15) is 5.69 Å². The molecule has 1 unspecified atom stereocenters. The van der Waals surface area contributed by atoms with Gasteiger partial charge >= 0.3 is 0 Å². The number of piperidine rings is 1. The largest absolute Gasteiger partial charge is 1.00 e. The van der Waals surface area contributed by atoms with Gasteiger partial charge in [0.25, 0.3) is 0 Å². The minimum Gasteiger partial charge on any atom is -1.00 e. The summed E-state index contributed by atoms with van der Waals surface area (Å²) in [6.07, 6.45) is 20.0. The second-order valence-electron chi connectivity index (χ2n) is 16.1. The quantitative estimate of drug-likeness (QED) is 0.258. The highest BCUT2D eigenvalue weighted by molar-refractivity contribution is 5.76. The van der Waals surface area contributed by atoms with Crippen LogP contribution in [0.2, 0.25) is 0 Å². The average Bonchev–Trinajstić information content (AvgIpc) is 3.34. The maximum atomic E-state index is 13.2. The molecule has 1 aromatic rings. The molecule has 4 saturated carbocycles. The van der Waals surface area contributed by atoms with E-state index in [1.165, 1.54) is 82.9 Å². The lowest BCUT2D eigenvalue weighted by atomic mass is 9.44. The van der Waals surface area contributed by atoms with Gasteiger partial charge in [-0.3, -0.25) is 9.28 Å². The molecule has 0 aromatic heterocycles. The van der Waals surface area contributed by atoms with Gasteiger partial charge in [-0.1, -0.05) is 58.7 Å². The Hall–Kier alpha value is -0.620. The van der Waals surface area contributed by atoms with Crippen LogP contribution in [0, 0.1) is 46.3 Å². The van der Waals surface area contributed by atoms with Crippen LogP contribution in [0.4, 0.5) is 5.69 Å². The SMILES string of the molecule is CCC[N+]1(c2ccccc2)CCC(NC(=O)CC[C@@H](C)[C@H]2CC[C@H]3[C@@H]4CCC5CCCC[C@]5(C)[C@H]4CC[C@]23C)CC1.[I-]. The van der Waals surface area contributed by atoms with Crippen molar-refractivity contribution in [3.8, 4) is 0 Å². The summed E-state index contributed by atoms with van der Waals surface area (Å²) in [6, 6.07) is 11.4. The summed E-state index contributed by atoms with van der Waals surface area (Å²) in [6.45, 7) is 13.7. The van der Waals surface area contributed by atoms with Crippen LogP contribution >= 0.6 is 0 Å². The first-order valence-electron chi connectivity index (χ1n) is 18.0. The van der Waals surface area contributed by atoms with Crippen molar-refractivity contribution in [3.05, 3.63) is 30.3 Å². The van der Waals surface area contributed by atoms with Crippen molar-refractivity contribution in [3.63, 3.8) is 0 Å². The number of fused-ring (bicyclic) bond motifs is 5. The van der Waals surface area contributed by atoms with Crippen LogP contribution in [-0.4, -0.2) is 31.6 Å². The fraction of sp³-hybridized carbons (Fsp3) is 0.816. The monoisotopic (exact) mass is 688 g/mol. The molecule has 4 heteroatoms. The topological polar surface area (TPSA) is 29.1 Å². The number of halogens is 1. The number of benzene rings is 1. The van der Waals surface area contributed by atoms with Gasteiger partial charge in [0.05, 0.1) is 19.6 Å². The molecule has 5 fully saturated rings.